The van der Waals surface area contributed by atoms with Gasteiger partial charge in [0, 0.05) is 6.07 Å². The molecule has 0 aliphatic carbocycles. The van der Waals surface area contributed by atoms with Gasteiger partial charge in [-0.05, 0) is 30.7 Å². The van der Waals surface area contributed by atoms with Gasteiger partial charge in [0.15, 0.2) is 0 Å². The molecule has 1 N–H and O–H groups in total. The smallest absolute Gasteiger partial charge is 0.293 e. The number of aryl methyl sites for hydroxylation is 1. The second kappa shape index (κ2) is 6.07. The molecule has 1 heterocycles. The first kappa shape index (κ1) is 15.2. The van der Waals surface area contributed by atoms with Crippen LogP contribution in [0.15, 0.2) is 30.3 Å². The van der Waals surface area contributed by atoms with E-state index in [0.29, 0.717) is 5.56 Å². The van der Waals surface area contributed by atoms with Crippen molar-refractivity contribution < 1.29 is 9.72 Å². The van der Waals surface area contributed by atoms with Gasteiger partial charge < -0.3 is 5.32 Å². The maximum absolute atomic E-state index is 12.1. The first-order chi connectivity index (χ1) is 9.88. The van der Waals surface area contributed by atoms with E-state index in [0.717, 1.165) is 0 Å². The quantitative estimate of drug-likeness (QED) is 0.527. The van der Waals surface area contributed by atoms with Crippen molar-refractivity contribution in [3.63, 3.8) is 0 Å². The highest BCUT2D eigenvalue weighted by atomic mass is 35.5. The molecule has 108 valence electrons. The molecule has 0 saturated carbocycles. The molecule has 0 atom stereocenters. The lowest BCUT2D eigenvalue weighted by molar-refractivity contribution is -0.384. The van der Waals surface area contributed by atoms with Gasteiger partial charge in [0.25, 0.3) is 11.6 Å². The van der Waals surface area contributed by atoms with Crippen LogP contribution in [-0.2, 0) is 0 Å². The van der Waals surface area contributed by atoms with E-state index in [1.807, 2.05) is 0 Å². The summed E-state index contributed by atoms with van der Waals surface area (Å²) in [6.45, 7) is 1.72. The number of nitrogens with zero attached hydrogens (tertiary/aromatic N) is 2. The number of aromatic nitrogens is 1. The third-order valence-corrected chi connectivity index (χ3v) is 3.14. The summed E-state index contributed by atoms with van der Waals surface area (Å²) >= 11 is 11.6. The fourth-order valence-corrected chi connectivity index (χ4v) is 2.00. The van der Waals surface area contributed by atoms with Crippen LogP contribution in [0.25, 0.3) is 0 Å². The van der Waals surface area contributed by atoms with E-state index in [4.69, 9.17) is 23.2 Å². The Morgan fingerprint density at radius 1 is 1.29 bits per heavy atom. The minimum Gasteiger partial charge on any atom is -0.315 e. The number of nitro groups is 1. The zero-order valence-electron chi connectivity index (χ0n) is 10.8. The minimum atomic E-state index is -0.672. The molecule has 0 aliphatic heterocycles. The van der Waals surface area contributed by atoms with Crippen molar-refractivity contribution in [2.24, 2.45) is 0 Å². The van der Waals surface area contributed by atoms with E-state index in [1.165, 1.54) is 24.3 Å². The first-order valence-electron chi connectivity index (χ1n) is 5.77. The summed E-state index contributed by atoms with van der Waals surface area (Å²) in [7, 11) is 0. The van der Waals surface area contributed by atoms with Gasteiger partial charge in [-0.3, -0.25) is 14.9 Å². The van der Waals surface area contributed by atoms with Crippen molar-refractivity contribution in [1.29, 1.82) is 0 Å². The van der Waals surface area contributed by atoms with Gasteiger partial charge in [-0.25, -0.2) is 4.98 Å². The summed E-state index contributed by atoms with van der Waals surface area (Å²) in [6.07, 6.45) is 0. The zero-order chi connectivity index (χ0) is 15.6. The maximum atomic E-state index is 12.1. The second-order valence-corrected chi connectivity index (χ2v) is 4.99. The number of hydrogen-bond donors (Lipinski definition) is 1. The zero-order valence-corrected chi connectivity index (χ0v) is 12.3. The number of rotatable bonds is 3. The predicted molar refractivity (Wildman–Crippen MR) is 80.0 cm³/mol. The minimum absolute atomic E-state index is 0.0634. The number of carbonyl (C=O) groups is 1. The van der Waals surface area contributed by atoms with Crippen LogP contribution in [0.1, 0.15) is 16.1 Å². The molecule has 0 radical (unpaired) electrons. The lowest BCUT2D eigenvalue weighted by Crippen LogP contribution is -2.15. The largest absolute Gasteiger partial charge is 0.315 e. The van der Waals surface area contributed by atoms with Gasteiger partial charge in [-0.2, -0.15) is 0 Å². The van der Waals surface area contributed by atoms with Crippen LogP contribution in [0.5, 0.6) is 0 Å². The van der Waals surface area contributed by atoms with Crippen molar-refractivity contribution in [2.45, 2.75) is 6.92 Å². The maximum Gasteiger partial charge on any atom is 0.293 e. The fourth-order valence-electron chi connectivity index (χ4n) is 1.66. The summed E-state index contributed by atoms with van der Waals surface area (Å²) in [4.78, 5) is 26.4. The summed E-state index contributed by atoms with van der Waals surface area (Å²) < 4.78 is 0. The molecule has 6 nitrogen and oxygen atoms in total. The van der Waals surface area contributed by atoms with Crippen molar-refractivity contribution in [3.05, 3.63) is 61.9 Å². The Morgan fingerprint density at radius 2 is 2.00 bits per heavy atom. The SMILES string of the molecule is Cc1ccc(NC(=O)c2nc(Cl)ccc2Cl)c([N+](=O)[O-])c1. The van der Waals surface area contributed by atoms with E-state index >= 15 is 0 Å². The van der Waals surface area contributed by atoms with E-state index in [-0.39, 0.29) is 27.2 Å². The number of nitro benzene ring substituents is 1. The standard InChI is InChI=1S/C13H9Cl2N3O3/c1-7-2-4-9(10(6-7)18(20)21)16-13(19)12-8(14)3-5-11(15)17-12/h2-6H,1H3,(H,16,19). The van der Waals surface area contributed by atoms with Crippen LogP contribution in [-0.4, -0.2) is 15.8 Å². The highest BCUT2D eigenvalue weighted by Crippen LogP contribution is 2.26. The Labute approximate surface area is 129 Å². The molecular weight excluding hydrogens is 317 g/mol. The molecule has 0 bridgehead atoms. The third-order valence-electron chi connectivity index (χ3n) is 2.63. The average Bonchev–Trinajstić information content (AvgIpc) is 2.43. The van der Waals surface area contributed by atoms with Gasteiger partial charge in [-0.1, -0.05) is 29.3 Å². The highest BCUT2D eigenvalue weighted by molar-refractivity contribution is 6.35. The van der Waals surface area contributed by atoms with Crippen molar-refractivity contribution in [2.75, 3.05) is 5.32 Å². The van der Waals surface area contributed by atoms with Crippen LogP contribution in [0.2, 0.25) is 10.2 Å². The first-order valence-corrected chi connectivity index (χ1v) is 6.52. The molecule has 1 amide bonds. The number of carbonyl (C=O) groups excluding carboxylic acids is 1. The number of benzene rings is 1. The molecule has 1 aromatic heterocycles. The summed E-state index contributed by atoms with van der Waals surface area (Å²) in [6, 6.07) is 7.33. The lowest BCUT2D eigenvalue weighted by Gasteiger charge is -2.07. The summed E-state index contributed by atoms with van der Waals surface area (Å²) in [5.74, 6) is -0.672. The highest BCUT2D eigenvalue weighted by Gasteiger charge is 2.19. The Kier molecular flexibility index (Phi) is 4.40. The van der Waals surface area contributed by atoms with E-state index < -0.39 is 10.8 Å². The van der Waals surface area contributed by atoms with Crippen LogP contribution in [0.3, 0.4) is 0 Å². The average molecular weight is 326 g/mol. The summed E-state index contributed by atoms with van der Waals surface area (Å²) in [5, 5.41) is 13.6. The van der Waals surface area contributed by atoms with Crippen molar-refractivity contribution in [1.82, 2.24) is 4.98 Å². The number of hydrogen-bond acceptors (Lipinski definition) is 4. The Balaban J connectivity index is 2.36. The molecule has 0 spiro atoms. The van der Waals surface area contributed by atoms with Gasteiger partial charge in [-0.15, -0.1) is 0 Å². The Bertz CT molecular complexity index is 735. The third kappa shape index (κ3) is 3.48. The van der Waals surface area contributed by atoms with Gasteiger partial charge in [0.2, 0.25) is 0 Å². The van der Waals surface area contributed by atoms with E-state index in [1.54, 1.807) is 13.0 Å². The topological polar surface area (TPSA) is 85.1 Å². The Morgan fingerprint density at radius 3 is 2.67 bits per heavy atom. The normalized spacial score (nSPS) is 10.2. The molecule has 0 fully saturated rings. The molecule has 2 rings (SSSR count). The number of anilines is 1. The van der Waals surface area contributed by atoms with Gasteiger partial charge >= 0.3 is 0 Å². The van der Waals surface area contributed by atoms with Crippen molar-refractivity contribution >= 4 is 40.5 Å². The number of amides is 1. The molecule has 21 heavy (non-hydrogen) atoms. The fraction of sp³-hybridized carbons (Fsp3) is 0.0769. The van der Waals surface area contributed by atoms with Crippen molar-refractivity contribution in [3.8, 4) is 0 Å². The molecule has 2 aromatic rings. The van der Waals surface area contributed by atoms with Crippen LogP contribution < -0.4 is 5.32 Å². The van der Waals surface area contributed by atoms with Crippen LogP contribution in [0.4, 0.5) is 11.4 Å². The van der Waals surface area contributed by atoms with E-state index in [9.17, 15) is 14.9 Å². The Hall–Kier alpha value is -2.18. The monoisotopic (exact) mass is 325 g/mol. The predicted octanol–water partition coefficient (Wildman–Crippen LogP) is 3.86. The second-order valence-electron chi connectivity index (χ2n) is 4.20. The molecule has 0 unspecified atom stereocenters. The molecule has 0 aliphatic rings. The molecule has 0 saturated heterocycles. The van der Waals surface area contributed by atoms with Gasteiger partial charge in [0.1, 0.15) is 16.5 Å². The van der Waals surface area contributed by atoms with E-state index in [2.05, 4.69) is 10.3 Å². The van der Waals surface area contributed by atoms with Gasteiger partial charge in [0.05, 0.1) is 9.95 Å². The molecule has 1 aromatic carbocycles. The molecular formula is C13H9Cl2N3O3. The number of pyridine rings is 1. The molecule has 8 heteroatoms. The van der Waals surface area contributed by atoms with Crippen LogP contribution >= 0.6 is 23.2 Å². The number of nitrogens with one attached hydrogen (secondary N) is 1. The van der Waals surface area contributed by atoms with Crippen LogP contribution in [0, 0.1) is 17.0 Å². The lowest BCUT2D eigenvalue weighted by atomic mass is 10.2. The summed E-state index contributed by atoms with van der Waals surface area (Å²) in [5.41, 5.74) is 0.465. The number of halogens is 2.